The first kappa shape index (κ1) is 18.5. The van der Waals surface area contributed by atoms with Crippen molar-refractivity contribution in [2.75, 3.05) is 4.72 Å². The number of rotatable bonds is 4. The number of anilines is 1. The van der Waals surface area contributed by atoms with Gasteiger partial charge in [-0.15, -0.1) is 0 Å². The molecule has 25 heavy (non-hydrogen) atoms. The van der Waals surface area contributed by atoms with Crippen LogP contribution in [0, 0.1) is 13.8 Å². The van der Waals surface area contributed by atoms with E-state index in [9.17, 15) is 18.0 Å². The molecule has 8 heteroatoms. The molecule has 7 nitrogen and oxygen atoms in total. The summed E-state index contributed by atoms with van der Waals surface area (Å²) in [5.74, 6) is -0.969. The highest BCUT2D eigenvalue weighted by atomic mass is 32.2. The summed E-state index contributed by atoms with van der Waals surface area (Å²) in [6.45, 7) is 4.78. The number of hydrogen-bond donors (Lipinski definition) is 3. The Balaban J connectivity index is 2.25. The van der Waals surface area contributed by atoms with Crippen LogP contribution in [-0.2, 0) is 14.8 Å². The Morgan fingerprint density at radius 1 is 0.960 bits per heavy atom. The molecule has 0 bridgehead atoms. The largest absolute Gasteiger partial charge is 0.280 e. The fraction of sp³-hybridized carbons (Fsp3) is 0.176. The zero-order valence-corrected chi connectivity index (χ0v) is 14.9. The lowest BCUT2D eigenvalue weighted by Gasteiger charge is -2.12. The number of hydrogen-bond acceptors (Lipinski definition) is 4. The van der Waals surface area contributed by atoms with E-state index in [1.807, 2.05) is 13.0 Å². The number of nitrogens with one attached hydrogen (secondary N) is 3. The molecule has 0 aromatic heterocycles. The molecule has 132 valence electrons. The SMILES string of the molecule is CC(=O)NNC(=O)c1cccc(NS(=O)(=O)c2cc(C)ccc2C)c1. The molecule has 0 fully saturated rings. The molecule has 0 spiro atoms. The minimum atomic E-state index is -3.79. The maximum atomic E-state index is 12.6. The zero-order valence-electron chi connectivity index (χ0n) is 14.1. The second-order valence-corrected chi connectivity index (χ2v) is 7.24. The summed E-state index contributed by atoms with van der Waals surface area (Å²) in [4.78, 5) is 22.9. The van der Waals surface area contributed by atoms with Crippen molar-refractivity contribution in [2.45, 2.75) is 25.7 Å². The molecule has 0 aliphatic carbocycles. The lowest BCUT2D eigenvalue weighted by atomic mass is 10.2. The van der Waals surface area contributed by atoms with Crippen LogP contribution in [0.1, 0.15) is 28.4 Å². The van der Waals surface area contributed by atoms with Crippen LogP contribution < -0.4 is 15.6 Å². The Hall–Kier alpha value is -2.87. The first-order valence-corrected chi connectivity index (χ1v) is 8.94. The first-order chi connectivity index (χ1) is 11.7. The average Bonchev–Trinajstić information content (AvgIpc) is 2.54. The Morgan fingerprint density at radius 2 is 1.68 bits per heavy atom. The van der Waals surface area contributed by atoms with Crippen molar-refractivity contribution in [3.05, 3.63) is 59.2 Å². The van der Waals surface area contributed by atoms with Gasteiger partial charge in [0.25, 0.3) is 15.9 Å². The minimum absolute atomic E-state index is 0.181. The summed E-state index contributed by atoms with van der Waals surface area (Å²) >= 11 is 0. The predicted molar refractivity (Wildman–Crippen MR) is 94.4 cm³/mol. The normalized spacial score (nSPS) is 10.8. The number of aryl methyl sites for hydroxylation is 2. The second-order valence-electron chi connectivity index (χ2n) is 5.59. The summed E-state index contributed by atoms with van der Waals surface area (Å²) in [5, 5.41) is 0. The Labute approximate surface area is 146 Å². The van der Waals surface area contributed by atoms with Gasteiger partial charge >= 0.3 is 0 Å². The maximum absolute atomic E-state index is 12.6. The van der Waals surface area contributed by atoms with Crippen LogP contribution >= 0.6 is 0 Å². The van der Waals surface area contributed by atoms with Gasteiger partial charge in [0.1, 0.15) is 0 Å². The van der Waals surface area contributed by atoms with Crippen molar-refractivity contribution < 1.29 is 18.0 Å². The lowest BCUT2D eigenvalue weighted by molar-refractivity contribution is -0.119. The molecule has 0 unspecified atom stereocenters. The number of benzene rings is 2. The summed E-state index contributed by atoms with van der Waals surface area (Å²) in [5.41, 5.74) is 6.30. The smallest absolute Gasteiger partial charge is 0.269 e. The number of carbonyl (C=O) groups excluding carboxylic acids is 2. The number of carbonyl (C=O) groups is 2. The van der Waals surface area contributed by atoms with Crippen molar-refractivity contribution in [1.82, 2.24) is 10.9 Å². The Bertz CT molecular complexity index is 923. The standard InChI is InChI=1S/C17H19N3O4S/c1-11-7-8-12(2)16(9-11)25(23,24)20-15-6-4-5-14(10-15)17(22)19-18-13(3)21/h4-10,20H,1-3H3,(H,18,21)(H,19,22). The van der Waals surface area contributed by atoms with E-state index < -0.39 is 21.8 Å². The molecular weight excluding hydrogens is 342 g/mol. The molecule has 0 radical (unpaired) electrons. The van der Waals surface area contributed by atoms with Crippen molar-refractivity contribution in [1.29, 1.82) is 0 Å². The van der Waals surface area contributed by atoms with E-state index in [4.69, 9.17) is 0 Å². The van der Waals surface area contributed by atoms with Crippen molar-refractivity contribution >= 4 is 27.5 Å². The van der Waals surface area contributed by atoms with Gasteiger partial charge in [-0.1, -0.05) is 18.2 Å². The van der Waals surface area contributed by atoms with Crippen LogP contribution in [0.25, 0.3) is 0 Å². The molecule has 2 aromatic carbocycles. The van der Waals surface area contributed by atoms with Crippen molar-refractivity contribution in [2.24, 2.45) is 0 Å². The maximum Gasteiger partial charge on any atom is 0.269 e. The number of sulfonamides is 1. The van der Waals surface area contributed by atoms with Crippen LogP contribution in [0.2, 0.25) is 0 Å². The third kappa shape index (κ3) is 4.80. The molecule has 2 rings (SSSR count). The van der Waals surface area contributed by atoms with Gasteiger partial charge in [-0.3, -0.25) is 25.2 Å². The molecule has 2 aromatic rings. The van der Waals surface area contributed by atoms with Crippen molar-refractivity contribution in [3.8, 4) is 0 Å². The molecule has 3 N–H and O–H groups in total. The van der Waals surface area contributed by atoms with E-state index >= 15 is 0 Å². The fourth-order valence-corrected chi connectivity index (χ4v) is 3.53. The molecule has 0 aliphatic rings. The number of hydrazine groups is 1. The highest BCUT2D eigenvalue weighted by Gasteiger charge is 2.18. The van der Waals surface area contributed by atoms with Gasteiger partial charge in [-0.05, 0) is 49.2 Å². The average molecular weight is 361 g/mol. The second kappa shape index (κ2) is 7.35. The van der Waals surface area contributed by atoms with Gasteiger partial charge in [-0.2, -0.15) is 0 Å². The predicted octanol–water partition coefficient (Wildman–Crippen LogP) is 1.89. The Kier molecular flexibility index (Phi) is 5.43. The summed E-state index contributed by atoms with van der Waals surface area (Å²) in [7, 11) is -3.79. The van der Waals surface area contributed by atoms with Crippen molar-refractivity contribution in [3.63, 3.8) is 0 Å². The van der Waals surface area contributed by atoms with Crippen LogP contribution in [0.4, 0.5) is 5.69 Å². The monoisotopic (exact) mass is 361 g/mol. The fourth-order valence-electron chi connectivity index (χ4n) is 2.15. The topological polar surface area (TPSA) is 104 Å². The van der Waals surface area contributed by atoms with Crippen LogP contribution in [0.15, 0.2) is 47.4 Å². The third-order valence-corrected chi connectivity index (χ3v) is 4.89. The van der Waals surface area contributed by atoms with Crippen LogP contribution in [0.5, 0.6) is 0 Å². The molecule has 2 amide bonds. The lowest BCUT2D eigenvalue weighted by Crippen LogP contribution is -2.40. The summed E-state index contributed by atoms with van der Waals surface area (Å²) < 4.78 is 27.7. The van der Waals surface area contributed by atoms with Crippen LogP contribution in [-0.4, -0.2) is 20.2 Å². The van der Waals surface area contributed by atoms with E-state index in [2.05, 4.69) is 15.6 Å². The Morgan fingerprint density at radius 3 is 2.36 bits per heavy atom. The minimum Gasteiger partial charge on any atom is -0.280 e. The zero-order chi connectivity index (χ0) is 18.6. The van der Waals surface area contributed by atoms with E-state index in [0.717, 1.165) is 5.56 Å². The molecule has 0 saturated heterocycles. The van der Waals surface area contributed by atoms with Crippen LogP contribution in [0.3, 0.4) is 0 Å². The van der Waals surface area contributed by atoms with E-state index in [1.54, 1.807) is 25.1 Å². The van der Waals surface area contributed by atoms with Gasteiger partial charge in [0.05, 0.1) is 4.90 Å². The first-order valence-electron chi connectivity index (χ1n) is 7.46. The molecular formula is C17H19N3O4S. The summed E-state index contributed by atoms with van der Waals surface area (Å²) in [6.07, 6.45) is 0. The third-order valence-electron chi connectivity index (χ3n) is 3.36. The molecule has 0 saturated carbocycles. The van der Waals surface area contributed by atoms with Gasteiger partial charge in [-0.25, -0.2) is 8.42 Å². The van der Waals surface area contributed by atoms with E-state index in [0.29, 0.717) is 5.56 Å². The van der Waals surface area contributed by atoms with Gasteiger partial charge < -0.3 is 0 Å². The summed E-state index contributed by atoms with van der Waals surface area (Å²) in [6, 6.07) is 11.1. The molecule has 0 atom stereocenters. The molecule has 0 aliphatic heterocycles. The molecule has 0 heterocycles. The quantitative estimate of drug-likeness (QED) is 0.723. The van der Waals surface area contributed by atoms with Gasteiger partial charge in [0.2, 0.25) is 5.91 Å². The number of amides is 2. The van der Waals surface area contributed by atoms with Gasteiger partial charge in [0, 0.05) is 18.2 Å². The van der Waals surface area contributed by atoms with E-state index in [1.165, 1.54) is 25.1 Å². The highest BCUT2D eigenvalue weighted by molar-refractivity contribution is 7.92. The highest BCUT2D eigenvalue weighted by Crippen LogP contribution is 2.21. The van der Waals surface area contributed by atoms with Gasteiger partial charge in [0.15, 0.2) is 0 Å². The van der Waals surface area contributed by atoms with E-state index in [-0.39, 0.29) is 16.1 Å².